The molecule has 0 saturated heterocycles. The van der Waals surface area contributed by atoms with E-state index in [9.17, 15) is 0 Å². The molecule has 2 heteroatoms. The van der Waals surface area contributed by atoms with Crippen LogP contribution in [0.5, 0.6) is 0 Å². The molecule has 0 aliphatic carbocycles. The molecule has 2 nitrogen and oxygen atoms in total. The minimum Gasteiger partial charge on any atom is -0.323 e. The van der Waals surface area contributed by atoms with Crippen LogP contribution in [0.15, 0.2) is 24.5 Å². The van der Waals surface area contributed by atoms with Gasteiger partial charge in [-0.3, -0.25) is 4.98 Å². The predicted molar refractivity (Wildman–Crippen MR) is 48.6 cm³/mol. The SMILES string of the molecule is CCc1cccnc1.CNC. The highest BCUT2D eigenvalue weighted by atomic mass is 14.7. The summed E-state index contributed by atoms with van der Waals surface area (Å²) in [4.78, 5) is 3.96. The summed E-state index contributed by atoms with van der Waals surface area (Å²) < 4.78 is 0. The van der Waals surface area contributed by atoms with Gasteiger partial charge < -0.3 is 5.32 Å². The second-order valence-electron chi connectivity index (χ2n) is 2.21. The van der Waals surface area contributed by atoms with Gasteiger partial charge in [0.15, 0.2) is 0 Å². The molecule has 0 aliphatic heterocycles. The molecule has 1 aromatic heterocycles. The third-order valence-corrected chi connectivity index (χ3v) is 1.13. The maximum atomic E-state index is 3.96. The predicted octanol–water partition coefficient (Wildman–Crippen LogP) is 1.48. The summed E-state index contributed by atoms with van der Waals surface area (Å²) in [6, 6.07) is 4.03. The molecule has 0 aromatic carbocycles. The van der Waals surface area contributed by atoms with Crippen LogP contribution >= 0.6 is 0 Å². The van der Waals surface area contributed by atoms with Gasteiger partial charge in [0.25, 0.3) is 0 Å². The number of aromatic nitrogens is 1. The molecule has 1 heterocycles. The average molecular weight is 152 g/mol. The van der Waals surface area contributed by atoms with E-state index >= 15 is 0 Å². The Morgan fingerprint density at radius 2 is 2.09 bits per heavy atom. The standard InChI is InChI=1S/C7H9N.C2H7N/c1-2-7-4-3-5-8-6-7;1-3-2/h3-6H,2H2,1H3;3H,1-2H3. The molecule has 1 aromatic rings. The fourth-order valence-corrected chi connectivity index (χ4v) is 0.607. The van der Waals surface area contributed by atoms with Crippen molar-refractivity contribution in [1.29, 1.82) is 0 Å². The molecule has 0 atom stereocenters. The van der Waals surface area contributed by atoms with E-state index in [4.69, 9.17) is 0 Å². The Morgan fingerprint density at radius 1 is 1.45 bits per heavy atom. The summed E-state index contributed by atoms with van der Waals surface area (Å²) in [5, 5.41) is 2.75. The number of aryl methyl sites for hydroxylation is 1. The van der Waals surface area contributed by atoms with Crippen molar-refractivity contribution < 1.29 is 0 Å². The second-order valence-corrected chi connectivity index (χ2v) is 2.21. The summed E-state index contributed by atoms with van der Waals surface area (Å²) in [6.07, 6.45) is 4.76. The van der Waals surface area contributed by atoms with Crippen molar-refractivity contribution in [2.75, 3.05) is 14.1 Å². The Kier molecular flexibility index (Phi) is 6.64. The maximum Gasteiger partial charge on any atom is 0.0299 e. The van der Waals surface area contributed by atoms with Crippen LogP contribution in [0.2, 0.25) is 0 Å². The number of rotatable bonds is 1. The molecule has 0 unspecified atom stereocenters. The van der Waals surface area contributed by atoms with E-state index < -0.39 is 0 Å². The van der Waals surface area contributed by atoms with Gasteiger partial charge in [-0.05, 0) is 32.1 Å². The molecule has 62 valence electrons. The Balaban J connectivity index is 0.000000292. The molecule has 1 rings (SSSR count). The molecule has 0 fully saturated rings. The molecule has 11 heavy (non-hydrogen) atoms. The first-order chi connectivity index (χ1) is 5.35. The zero-order valence-corrected chi connectivity index (χ0v) is 7.46. The Hall–Kier alpha value is -0.890. The highest BCUT2D eigenvalue weighted by molar-refractivity contribution is 5.07. The fourth-order valence-electron chi connectivity index (χ4n) is 0.607. The third kappa shape index (κ3) is 5.55. The van der Waals surface area contributed by atoms with Gasteiger partial charge in [0, 0.05) is 12.4 Å². The summed E-state index contributed by atoms with van der Waals surface area (Å²) in [6.45, 7) is 2.12. The molecule has 0 spiro atoms. The van der Waals surface area contributed by atoms with E-state index in [1.165, 1.54) is 5.56 Å². The Bertz CT molecular complexity index is 160. The van der Waals surface area contributed by atoms with Gasteiger partial charge >= 0.3 is 0 Å². The number of nitrogens with zero attached hydrogens (tertiary/aromatic N) is 1. The van der Waals surface area contributed by atoms with Crippen molar-refractivity contribution in [2.24, 2.45) is 0 Å². The molecule has 1 N–H and O–H groups in total. The van der Waals surface area contributed by atoms with E-state index in [1.54, 1.807) is 6.20 Å². The first-order valence-electron chi connectivity index (χ1n) is 3.82. The van der Waals surface area contributed by atoms with E-state index in [-0.39, 0.29) is 0 Å². The number of hydrogen-bond donors (Lipinski definition) is 1. The van der Waals surface area contributed by atoms with Gasteiger partial charge in [0.2, 0.25) is 0 Å². The van der Waals surface area contributed by atoms with Crippen LogP contribution in [-0.4, -0.2) is 19.1 Å². The number of pyridine rings is 1. The molecule has 0 radical (unpaired) electrons. The lowest BCUT2D eigenvalue weighted by atomic mass is 10.2. The average Bonchev–Trinajstić information content (AvgIpc) is 2.08. The number of hydrogen-bond acceptors (Lipinski definition) is 2. The van der Waals surface area contributed by atoms with Crippen molar-refractivity contribution in [3.63, 3.8) is 0 Å². The normalized spacial score (nSPS) is 8.27. The van der Waals surface area contributed by atoms with Crippen LogP contribution in [0.3, 0.4) is 0 Å². The van der Waals surface area contributed by atoms with Crippen LogP contribution < -0.4 is 5.32 Å². The largest absolute Gasteiger partial charge is 0.323 e. The minimum absolute atomic E-state index is 1.08. The summed E-state index contributed by atoms with van der Waals surface area (Å²) >= 11 is 0. The van der Waals surface area contributed by atoms with Gasteiger partial charge in [-0.1, -0.05) is 13.0 Å². The topological polar surface area (TPSA) is 24.9 Å². The van der Waals surface area contributed by atoms with E-state index in [2.05, 4.69) is 23.3 Å². The molecule has 0 bridgehead atoms. The lowest BCUT2D eigenvalue weighted by Gasteiger charge is -1.88. The van der Waals surface area contributed by atoms with Crippen molar-refractivity contribution in [2.45, 2.75) is 13.3 Å². The monoisotopic (exact) mass is 152 g/mol. The fraction of sp³-hybridized carbons (Fsp3) is 0.444. The van der Waals surface area contributed by atoms with Crippen molar-refractivity contribution in [1.82, 2.24) is 10.3 Å². The highest BCUT2D eigenvalue weighted by Crippen LogP contribution is 1.93. The van der Waals surface area contributed by atoms with Crippen molar-refractivity contribution in [3.8, 4) is 0 Å². The summed E-state index contributed by atoms with van der Waals surface area (Å²) in [5.41, 5.74) is 1.30. The van der Waals surface area contributed by atoms with Crippen molar-refractivity contribution in [3.05, 3.63) is 30.1 Å². The Morgan fingerprint density at radius 3 is 2.36 bits per heavy atom. The lowest BCUT2D eigenvalue weighted by Crippen LogP contribution is -1.89. The Labute approximate surface area is 68.7 Å². The van der Waals surface area contributed by atoms with Gasteiger partial charge in [-0.25, -0.2) is 0 Å². The van der Waals surface area contributed by atoms with Gasteiger partial charge in [0.05, 0.1) is 0 Å². The second kappa shape index (κ2) is 7.22. The van der Waals surface area contributed by atoms with E-state index in [0.717, 1.165) is 6.42 Å². The molecule has 0 aliphatic rings. The maximum absolute atomic E-state index is 3.96. The summed E-state index contributed by atoms with van der Waals surface area (Å²) in [5.74, 6) is 0. The zero-order chi connectivity index (χ0) is 8.53. The van der Waals surface area contributed by atoms with Crippen LogP contribution in [0.1, 0.15) is 12.5 Å². The lowest BCUT2D eigenvalue weighted by molar-refractivity contribution is 1.02. The van der Waals surface area contributed by atoms with Crippen LogP contribution in [0.4, 0.5) is 0 Å². The van der Waals surface area contributed by atoms with Crippen LogP contribution in [-0.2, 0) is 6.42 Å². The molecular weight excluding hydrogens is 136 g/mol. The van der Waals surface area contributed by atoms with Gasteiger partial charge in [-0.2, -0.15) is 0 Å². The van der Waals surface area contributed by atoms with Crippen LogP contribution in [0.25, 0.3) is 0 Å². The smallest absolute Gasteiger partial charge is 0.0299 e. The van der Waals surface area contributed by atoms with E-state index in [1.807, 2.05) is 26.4 Å². The van der Waals surface area contributed by atoms with E-state index in [0.29, 0.717) is 0 Å². The van der Waals surface area contributed by atoms with Gasteiger partial charge in [0.1, 0.15) is 0 Å². The van der Waals surface area contributed by atoms with Crippen molar-refractivity contribution >= 4 is 0 Å². The summed E-state index contributed by atoms with van der Waals surface area (Å²) in [7, 11) is 3.75. The first kappa shape index (κ1) is 10.1. The van der Waals surface area contributed by atoms with Crippen LogP contribution in [0, 0.1) is 0 Å². The zero-order valence-electron chi connectivity index (χ0n) is 7.46. The number of nitrogens with one attached hydrogen (secondary N) is 1. The third-order valence-electron chi connectivity index (χ3n) is 1.13. The first-order valence-corrected chi connectivity index (χ1v) is 3.82. The highest BCUT2D eigenvalue weighted by Gasteiger charge is 1.81. The molecule has 0 amide bonds. The quantitative estimate of drug-likeness (QED) is 0.659. The molecular formula is C9H16N2. The molecule has 0 saturated carbocycles. The van der Waals surface area contributed by atoms with Gasteiger partial charge in [-0.15, -0.1) is 0 Å². The minimum atomic E-state index is 1.08.